The summed E-state index contributed by atoms with van der Waals surface area (Å²) in [5.41, 5.74) is 0.947. The molecule has 0 aliphatic rings. The molecule has 0 saturated carbocycles. The number of rotatable bonds is 7. The first-order valence-electron chi connectivity index (χ1n) is 8.83. The lowest BCUT2D eigenvalue weighted by atomic mass is 10.2. The zero-order valence-electron chi connectivity index (χ0n) is 16.3. The maximum Gasteiger partial charge on any atom is 0.343 e. The molecule has 0 radical (unpaired) electrons. The monoisotopic (exact) mass is 406 g/mol. The van der Waals surface area contributed by atoms with E-state index in [-0.39, 0.29) is 17.0 Å². The molecule has 0 spiro atoms. The number of esters is 1. The molecule has 0 aliphatic carbocycles. The molecule has 0 bridgehead atoms. The Bertz CT molecular complexity index is 1090. The van der Waals surface area contributed by atoms with Gasteiger partial charge in [-0.1, -0.05) is 12.1 Å². The molecule has 30 heavy (non-hydrogen) atoms. The molecular formula is C22H18N2O6. The summed E-state index contributed by atoms with van der Waals surface area (Å²) in [6.45, 7) is 0. The zero-order valence-corrected chi connectivity index (χ0v) is 16.3. The smallest absolute Gasteiger partial charge is 0.343 e. The van der Waals surface area contributed by atoms with Crippen molar-refractivity contribution in [3.8, 4) is 17.2 Å². The van der Waals surface area contributed by atoms with E-state index in [1.165, 1.54) is 44.7 Å². The highest BCUT2D eigenvalue weighted by atomic mass is 16.6. The fourth-order valence-corrected chi connectivity index (χ4v) is 2.61. The first-order valence-corrected chi connectivity index (χ1v) is 8.83. The van der Waals surface area contributed by atoms with E-state index in [0.29, 0.717) is 22.7 Å². The highest BCUT2D eigenvalue weighted by Crippen LogP contribution is 2.30. The Balaban J connectivity index is 1.83. The number of para-hydroxylation sites is 2. The molecule has 0 aromatic heterocycles. The molecule has 0 saturated heterocycles. The zero-order chi connectivity index (χ0) is 21.5. The third-order valence-electron chi connectivity index (χ3n) is 4.15. The molecule has 3 rings (SSSR count). The van der Waals surface area contributed by atoms with Crippen molar-refractivity contribution >= 4 is 23.6 Å². The van der Waals surface area contributed by atoms with Crippen molar-refractivity contribution < 1.29 is 23.9 Å². The van der Waals surface area contributed by atoms with Crippen LogP contribution in [-0.2, 0) is 0 Å². The number of methoxy groups -OCH3 is 2. The number of nitro benzene ring substituents is 1. The molecule has 0 atom stereocenters. The third kappa shape index (κ3) is 4.79. The number of aliphatic imine (C=N–C) groups is 1. The Morgan fingerprint density at radius 1 is 0.967 bits per heavy atom. The van der Waals surface area contributed by atoms with Gasteiger partial charge in [-0.15, -0.1) is 0 Å². The van der Waals surface area contributed by atoms with Crippen molar-refractivity contribution in [2.24, 2.45) is 4.99 Å². The number of hydrogen-bond donors (Lipinski definition) is 0. The predicted octanol–water partition coefficient (Wildman–Crippen LogP) is 4.58. The van der Waals surface area contributed by atoms with Crippen molar-refractivity contribution in [1.29, 1.82) is 0 Å². The van der Waals surface area contributed by atoms with Gasteiger partial charge < -0.3 is 14.2 Å². The molecule has 3 aromatic rings. The second kappa shape index (κ2) is 9.33. The SMILES string of the molecule is COc1ccc(C(=O)Oc2ccc(C=Nc3ccccc3OC)cc2[N+](=O)[O-])cc1. The number of benzene rings is 3. The second-order valence-corrected chi connectivity index (χ2v) is 6.03. The summed E-state index contributed by atoms with van der Waals surface area (Å²) in [6, 6.07) is 17.6. The van der Waals surface area contributed by atoms with Crippen LogP contribution in [0.4, 0.5) is 11.4 Å². The van der Waals surface area contributed by atoms with Crippen molar-refractivity contribution in [3.63, 3.8) is 0 Å². The van der Waals surface area contributed by atoms with Gasteiger partial charge in [-0.05, 0) is 54.1 Å². The van der Waals surface area contributed by atoms with E-state index in [4.69, 9.17) is 14.2 Å². The standard InChI is InChI=1S/C22H18N2O6/c1-28-17-10-8-16(9-11-17)22(25)30-21-12-7-15(13-19(21)24(26)27)14-23-18-5-3-4-6-20(18)29-2/h3-14H,1-2H3. The van der Waals surface area contributed by atoms with Crippen molar-refractivity contribution in [3.05, 3.63) is 88.0 Å². The molecular weight excluding hydrogens is 388 g/mol. The van der Waals surface area contributed by atoms with E-state index in [0.717, 1.165) is 0 Å². The fraction of sp³-hybridized carbons (Fsp3) is 0.0909. The van der Waals surface area contributed by atoms with Gasteiger partial charge in [0.1, 0.15) is 17.2 Å². The molecule has 3 aromatic carbocycles. The summed E-state index contributed by atoms with van der Waals surface area (Å²) < 4.78 is 15.5. The van der Waals surface area contributed by atoms with E-state index >= 15 is 0 Å². The van der Waals surface area contributed by atoms with E-state index < -0.39 is 10.9 Å². The van der Waals surface area contributed by atoms with Crippen LogP contribution in [0.5, 0.6) is 17.2 Å². The van der Waals surface area contributed by atoms with Gasteiger partial charge in [0.05, 0.1) is 24.7 Å². The van der Waals surface area contributed by atoms with Crippen LogP contribution in [0.3, 0.4) is 0 Å². The molecule has 0 N–H and O–H groups in total. The van der Waals surface area contributed by atoms with Gasteiger partial charge in [0, 0.05) is 12.3 Å². The van der Waals surface area contributed by atoms with E-state index in [2.05, 4.69) is 4.99 Å². The Kier molecular flexibility index (Phi) is 6.39. The Labute approximate surface area is 172 Å². The third-order valence-corrected chi connectivity index (χ3v) is 4.15. The maximum absolute atomic E-state index is 12.3. The van der Waals surface area contributed by atoms with Crippen LogP contribution in [0.25, 0.3) is 0 Å². The van der Waals surface area contributed by atoms with Gasteiger partial charge >= 0.3 is 11.7 Å². The average molecular weight is 406 g/mol. The lowest BCUT2D eigenvalue weighted by Gasteiger charge is -2.07. The summed E-state index contributed by atoms with van der Waals surface area (Å²) in [7, 11) is 3.04. The molecule has 0 amide bonds. The van der Waals surface area contributed by atoms with Crippen LogP contribution in [0.15, 0.2) is 71.7 Å². The van der Waals surface area contributed by atoms with Crippen LogP contribution in [0, 0.1) is 10.1 Å². The molecule has 8 heteroatoms. The first-order chi connectivity index (χ1) is 14.5. The quantitative estimate of drug-likeness (QED) is 0.187. The topological polar surface area (TPSA) is 100 Å². The highest BCUT2D eigenvalue weighted by Gasteiger charge is 2.19. The van der Waals surface area contributed by atoms with Gasteiger partial charge in [0.25, 0.3) is 0 Å². The number of nitro groups is 1. The minimum atomic E-state index is -0.712. The van der Waals surface area contributed by atoms with Gasteiger partial charge in [-0.3, -0.25) is 15.1 Å². The normalized spacial score (nSPS) is 10.6. The molecule has 0 fully saturated rings. The Hall–Kier alpha value is -4.20. The van der Waals surface area contributed by atoms with Crippen LogP contribution >= 0.6 is 0 Å². The van der Waals surface area contributed by atoms with E-state index in [1.54, 1.807) is 36.4 Å². The summed E-state index contributed by atoms with van der Waals surface area (Å²) in [5, 5.41) is 11.5. The fourth-order valence-electron chi connectivity index (χ4n) is 2.61. The minimum Gasteiger partial charge on any atom is -0.497 e. The number of ether oxygens (including phenoxy) is 3. The molecule has 8 nitrogen and oxygen atoms in total. The van der Waals surface area contributed by atoms with Gasteiger partial charge in [0.2, 0.25) is 5.75 Å². The first kappa shape index (κ1) is 20.5. The molecule has 0 heterocycles. The van der Waals surface area contributed by atoms with Gasteiger partial charge in [-0.25, -0.2) is 4.79 Å². The van der Waals surface area contributed by atoms with Gasteiger partial charge in [-0.2, -0.15) is 0 Å². The average Bonchev–Trinajstić information content (AvgIpc) is 2.78. The van der Waals surface area contributed by atoms with Crippen LogP contribution < -0.4 is 14.2 Å². The summed E-state index contributed by atoms with van der Waals surface area (Å²) in [6.07, 6.45) is 1.47. The maximum atomic E-state index is 12.3. The number of carbonyl (C=O) groups is 1. The van der Waals surface area contributed by atoms with E-state index in [1.807, 2.05) is 6.07 Å². The lowest BCUT2D eigenvalue weighted by Crippen LogP contribution is -2.10. The van der Waals surface area contributed by atoms with Crippen molar-refractivity contribution in [1.82, 2.24) is 0 Å². The minimum absolute atomic E-state index is 0.157. The number of hydrogen-bond acceptors (Lipinski definition) is 7. The summed E-state index contributed by atoms with van der Waals surface area (Å²) >= 11 is 0. The van der Waals surface area contributed by atoms with Crippen LogP contribution in [-0.4, -0.2) is 31.3 Å². The van der Waals surface area contributed by atoms with E-state index in [9.17, 15) is 14.9 Å². The van der Waals surface area contributed by atoms with Crippen LogP contribution in [0.1, 0.15) is 15.9 Å². The van der Waals surface area contributed by atoms with Gasteiger partial charge in [0.15, 0.2) is 0 Å². The summed E-state index contributed by atoms with van der Waals surface area (Å²) in [5.74, 6) is 0.288. The molecule has 0 unspecified atom stereocenters. The van der Waals surface area contributed by atoms with Crippen molar-refractivity contribution in [2.75, 3.05) is 14.2 Å². The highest BCUT2D eigenvalue weighted by molar-refractivity contribution is 5.92. The molecule has 0 aliphatic heterocycles. The van der Waals surface area contributed by atoms with Crippen LogP contribution in [0.2, 0.25) is 0 Å². The Morgan fingerprint density at radius 2 is 1.70 bits per heavy atom. The second-order valence-electron chi connectivity index (χ2n) is 6.03. The largest absolute Gasteiger partial charge is 0.497 e. The molecule has 152 valence electrons. The number of carbonyl (C=O) groups excluding carboxylic acids is 1. The Morgan fingerprint density at radius 3 is 2.37 bits per heavy atom. The predicted molar refractivity (Wildman–Crippen MR) is 111 cm³/mol. The lowest BCUT2D eigenvalue weighted by molar-refractivity contribution is -0.385. The number of nitrogens with zero attached hydrogens (tertiary/aromatic N) is 2. The van der Waals surface area contributed by atoms with Crippen molar-refractivity contribution in [2.45, 2.75) is 0 Å². The summed E-state index contributed by atoms with van der Waals surface area (Å²) in [4.78, 5) is 27.5.